The van der Waals surface area contributed by atoms with Gasteiger partial charge in [-0.2, -0.15) is 0 Å². The number of halogens is 1. The van der Waals surface area contributed by atoms with Crippen LogP contribution in [0.2, 0.25) is 0 Å². The maximum absolute atomic E-state index is 11.8. The van der Waals surface area contributed by atoms with E-state index >= 15 is 0 Å². The number of alkyl halides is 1. The quantitative estimate of drug-likeness (QED) is 0.609. The minimum Gasteiger partial charge on any atom is -0.262 e. The zero-order valence-electron chi connectivity index (χ0n) is 5.97. The molecule has 1 heterocycles. The highest BCUT2D eigenvalue weighted by Crippen LogP contribution is 2.01. The average Bonchev–Trinajstić information content (AvgIpc) is 1.88. The van der Waals surface area contributed by atoms with Gasteiger partial charge in [-0.25, -0.2) is 0 Å². The minimum atomic E-state index is -0.288. The molecule has 0 radical (unpaired) electrons. The van der Waals surface area contributed by atoms with Crippen LogP contribution in [0.1, 0.15) is 11.3 Å². The summed E-state index contributed by atoms with van der Waals surface area (Å²) < 4.78 is 11.8. The molecule has 0 spiro atoms. The highest BCUT2D eigenvalue weighted by Gasteiger charge is 1.91. The summed E-state index contributed by atoms with van der Waals surface area (Å²) in [6.07, 6.45) is 2.21. The number of aryl methyl sites for hydroxylation is 2. The van der Waals surface area contributed by atoms with E-state index in [0.29, 0.717) is 6.42 Å². The van der Waals surface area contributed by atoms with Crippen molar-refractivity contribution in [2.45, 2.75) is 13.3 Å². The predicted octanol–water partition coefficient (Wildman–Crippen LogP) is 1.90. The molecule has 0 atom stereocenters. The van der Waals surface area contributed by atoms with Crippen molar-refractivity contribution in [3.8, 4) is 0 Å². The van der Waals surface area contributed by atoms with E-state index in [1.165, 1.54) is 0 Å². The van der Waals surface area contributed by atoms with Crippen molar-refractivity contribution >= 4 is 0 Å². The van der Waals surface area contributed by atoms with Gasteiger partial charge in [0.25, 0.3) is 0 Å². The SMILES string of the molecule is Cc1cc(CCF)ccn1. The number of hydrogen-bond acceptors (Lipinski definition) is 1. The Kier molecular flexibility index (Phi) is 2.37. The van der Waals surface area contributed by atoms with Gasteiger partial charge in [-0.05, 0) is 24.6 Å². The third-order valence-corrected chi connectivity index (χ3v) is 1.34. The number of nitrogens with zero attached hydrogens (tertiary/aromatic N) is 1. The Morgan fingerprint density at radius 1 is 1.60 bits per heavy atom. The van der Waals surface area contributed by atoms with Crippen molar-refractivity contribution in [2.75, 3.05) is 6.67 Å². The van der Waals surface area contributed by atoms with E-state index in [4.69, 9.17) is 0 Å². The summed E-state index contributed by atoms with van der Waals surface area (Å²) in [6, 6.07) is 3.74. The molecule has 0 saturated carbocycles. The second-order valence-corrected chi connectivity index (χ2v) is 2.24. The lowest BCUT2D eigenvalue weighted by atomic mass is 10.2. The largest absolute Gasteiger partial charge is 0.262 e. The van der Waals surface area contributed by atoms with Crippen LogP contribution >= 0.6 is 0 Å². The zero-order valence-corrected chi connectivity index (χ0v) is 5.97. The first-order valence-corrected chi connectivity index (χ1v) is 3.30. The molecule has 0 saturated heterocycles. The van der Waals surface area contributed by atoms with E-state index in [1.807, 2.05) is 19.1 Å². The summed E-state index contributed by atoms with van der Waals surface area (Å²) in [6.45, 7) is 1.62. The van der Waals surface area contributed by atoms with Crippen molar-refractivity contribution in [3.63, 3.8) is 0 Å². The molecule has 0 N–H and O–H groups in total. The zero-order chi connectivity index (χ0) is 7.40. The molecule has 0 bridgehead atoms. The second-order valence-electron chi connectivity index (χ2n) is 2.24. The molecule has 0 fully saturated rings. The summed E-state index contributed by atoms with van der Waals surface area (Å²) in [7, 11) is 0. The van der Waals surface area contributed by atoms with Gasteiger partial charge in [-0.1, -0.05) is 0 Å². The van der Waals surface area contributed by atoms with Crippen molar-refractivity contribution in [2.24, 2.45) is 0 Å². The molecule has 0 aromatic carbocycles. The lowest BCUT2D eigenvalue weighted by Crippen LogP contribution is -1.88. The lowest BCUT2D eigenvalue weighted by Gasteiger charge is -1.96. The topological polar surface area (TPSA) is 12.9 Å². The van der Waals surface area contributed by atoms with Gasteiger partial charge in [0, 0.05) is 18.3 Å². The van der Waals surface area contributed by atoms with Crippen LogP contribution in [0.15, 0.2) is 18.3 Å². The number of pyridine rings is 1. The van der Waals surface area contributed by atoms with Crippen molar-refractivity contribution in [1.29, 1.82) is 0 Å². The summed E-state index contributed by atoms with van der Waals surface area (Å²) in [5.41, 5.74) is 1.97. The third kappa shape index (κ3) is 1.79. The predicted molar refractivity (Wildman–Crippen MR) is 38.7 cm³/mol. The van der Waals surface area contributed by atoms with E-state index in [1.54, 1.807) is 6.20 Å². The van der Waals surface area contributed by atoms with Crippen molar-refractivity contribution in [3.05, 3.63) is 29.6 Å². The molecular weight excluding hydrogens is 129 g/mol. The molecule has 2 heteroatoms. The summed E-state index contributed by atoms with van der Waals surface area (Å²) in [5.74, 6) is 0. The molecular formula is C8H10FN. The van der Waals surface area contributed by atoms with E-state index < -0.39 is 0 Å². The Morgan fingerprint density at radius 3 is 3.00 bits per heavy atom. The fourth-order valence-electron chi connectivity index (χ4n) is 0.869. The molecule has 1 nitrogen and oxygen atoms in total. The van der Waals surface area contributed by atoms with Gasteiger partial charge < -0.3 is 0 Å². The first-order chi connectivity index (χ1) is 4.83. The molecule has 0 aliphatic rings. The van der Waals surface area contributed by atoms with Crippen LogP contribution in [-0.4, -0.2) is 11.7 Å². The minimum absolute atomic E-state index is 0.288. The normalized spacial score (nSPS) is 9.80. The van der Waals surface area contributed by atoms with Crippen LogP contribution in [-0.2, 0) is 6.42 Å². The van der Waals surface area contributed by atoms with Gasteiger partial charge in [0.2, 0.25) is 0 Å². The fourth-order valence-corrected chi connectivity index (χ4v) is 0.869. The summed E-state index contributed by atoms with van der Waals surface area (Å²) >= 11 is 0. The highest BCUT2D eigenvalue weighted by molar-refractivity contribution is 5.15. The van der Waals surface area contributed by atoms with Crippen LogP contribution < -0.4 is 0 Å². The van der Waals surface area contributed by atoms with Crippen LogP contribution in [0.3, 0.4) is 0 Å². The smallest absolute Gasteiger partial charge is 0.0934 e. The molecule has 0 unspecified atom stereocenters. The van der Waals surface area contributed by atoms with E-state index in [9.17, 15) is 4.39 Å². The van der Waals surface area contributed by atoms with Crippen LogP contribution in [0.4, 0.5) is 4.39 Å². The monoisotopic (exact) mass is 139 g/mol. The molecule has 1 aromatic rings. The molecule has 54 valence electrons. The lowest BCUT2D eigenvalue weighted by molar-refractivity contribution is 0.495. The third-order valence-electron chi connectivity index (χ3n) is 1.34. The Morgan fingerprint density at radius 2 is 2.40 bits per heavy atom. The molecule has 0 aliphatic heterocycles. The van der Waals surface area contributed by atoms with Gasteiger partial charge in [-0.3, -0.25) is 9.37 Å². The number of rotatable bonds is 2. The fraction of sp³-hybridized carbons (Fsp3) is 0.375. The summed E-state index contributed by atoms with van der Waals surface area (Å²) in [5, 5.41) is 0. The van der Waals surface area contributed by atoms with Gasteiger partial charge in [0.05, 0.1) is 6.67 Å². The Hall–Kier alpha value is -0.920. The number of aromatic nitrogens is 1. The van der Waals surface area contributed by atoms with Crippen molar-refractivity contribution in [1.82, 2.24) is 4.98 Å². The molecule has 10 heavy (non-hydrogen) atoms. The Balaban J connectivity index is 2.75. The molecule has 1 aromatic heterocycles. The highest BCUT2D eigenvalue weighted by atomic mass is 19.1. The maximum atomic E-state index is 11.8. The standard InChI is InChI=1S/C8H10FN/c1-7-6-8(2-4-9)3-5-10-7/h3,5-6H,2,4H2,1H3. The van der Waals surface area contributed by atoms with Gasteiger partial charge in [-0.15, -0.1) is 0 Å². The van der Waals surface area contributed by atoms with E-state index in [0.717, 1.165) is 11.3 Å². The first kappa shape index (κ1) is 7.19. The van der Waals surface area contributed by atoms with Gasteiger partial charge in [0.15, 0.2) is 0 Å². The summed E-state index contributed by atoms with van der Waals surface area (Å²) in [4.78, 5) is 4.00. The second kappa shape index (κ2) is 3.30. The van der Waals surface area contributed by atoms with Crippen LogP contribution in [0, 0.1) is 6.92 Å². The molecule has 0 aliphatic carbocycles. The van der Waals surface area contributed by atoms with Crippen molar-refractivity contribution < 1.29 is 4.39 Å². The maximum Gasteiger partial charge on any atom is 0.0934 e. The average molecular weight is 139 g/mol. The first-order valence-electron chi connectivity index (χ1n) is 3.30. The van der Waals surface area contributed by atoms with E-state index in [-0.39, 0.29) is 6.67 Å². The van der Waals surface area contributed by atoms with E-state index in [2.05, 4.69) is 4.98 Å². The number of hydrogen-bond donors (Lipinski definition) is 0. The Labute approximate surface area is 59.9 Å². The molecule has 1 rings (SSSR count). The Bertz CT molecular complexity index is 210. The van der Waals surface area contributed by atoms with Gasteiger partial charge >= 0.3 is 0 Å². The molecule has 0 amide bonds. The van der Waals surface area contributed by atoms with Gasteiger partial charge in [0.1, 0.15) is 0 Å². The van der Waals surface area contributed by atoms with Crippen LogP contribution in [0.5, 0.6) is 0 Å². The van der Waals surface area contributed by atoms with Crippen LogP contribution in [0.25, 0.3) is 0 Å².